The van der Waals surface area contributed by atoms with E-state index in [9.17, 15) is 0 Å². The number of hydrogen-bond donors (Lipinski definition) is 1. The van der Waals surface area contributed by atoms with E-state index in [-0.39, 0.29) is 0 Å². The van der Waals surface area contributed by atoms with Gasteiger partial charge >= 0.3 is 0 Å². The number of aromatic nitrogens is 3. The normalized spacial score (nSPS) is 13.0. The minimum atomic E-state index is 0.587. The van der Waals surface area contributed by atoms with E-state index in [1.807, 2.05) is 31.2 Å². The fourth-order valence-corrected chi connectivity index (χ4v) is 3.54. The van der Waals surface area contributed by atoms with Crippen LogP contribution in [0.25, 0.3) is 0 Å². The molecule has 4 rings (SSSR count). The highest BCUT2D eigenvalue weighted by Crippen LogP contribution is 2.34. The van der Waals surface area contributed by atoms with Crippen LogP contribution in [0.2, 0.25) is 0 Å². The number of rotatable bonds is 6. The highest BCUT2D eigenvalue weighted by atomic mass is 16.5. The third-order valence-corrected chi connectivity index (χ3v) is 5.04. The number of nitrogens with one attached hydrogen (secondary N) is 1. The van der Waals surface area contributed by atoms with E-state index in [0.717, 1.165) is 48.2 Å². The van der Waals surface area contributed by atoms with Gasteiger partial charge in [0, 0.05) is 31.0 Å². The van der Waals surface area contributed by atoms with Gasteiger partial charge in [0.2, 0.25) is 5.95 Å². The van der Waals surface area contributed by atoms with Gasteiger partial charge in [-0.05, 0) is 48.7 Å². The van der Waals surface area contributed by atoms with Gasteiger partial charge in [-0.3, -0.25) is 4.98 Å². The lowest BCUT2D eigenvalue weighted by molar-refractivity contribution is 0.353. The fourth-order valence-electron chi connectivity index (χ4n) is 3.54. The molecule has 2 aromatic heterocycles. The van der Waals surface area contributed by atoms with Gasteiger partial charge < -0.3 is 19.7 Å². The smallest absolute Gasteiger partial charge is 0.225 e. The second-order valence-corrected chi connectivity index (χ2v) is 7.01. The number of benzene rings is 1. The Morgan fingerprint density at radius 3 is 2.55 bits per heavy atom. The van der Waals surface area contributed by atoms with Crippen LogP contribution >= 0.6 is 0 Å². The number of anilines is 2. The molecular weight excluding hydrogens is 366 g/mol. The maximum atomic E-state index is 5.47. The Morgan fingerprint density at radius 1 is 1.03 bits per heavy atom. The molecule has 7 nitrogen and oxygen atoms in total. The summed E-state index contributed by atoms with van der Waals surface area (Å²) in [5, 5.41) is 3.29. The highest BCUT2D eigenvalue weighted by Gasteiger charge is 2.21. The molecule has 1 aromatic carbocycles. The molecule has 1 N–H and O–H groups in total. The van der Waals surface area contributed by atoms with Crippen molar-refractivity contribution in [2.75, 3.05) is 31.0 Å². The molecular formula is C22H25N5O2. The predicted octanol–water partition coefficient (Wildman–Crippen LogP) is 3.37. The van der Waals surface area contributed by atoms with Gasteiger partial charge in [-0.25, -0.2) is 4.98 Å². The summed E-state index contributed by atoms with van der Waals surface area (Å²) in [6.07, 6.45) is 2.71. The summed E-state index contributed by atoms with van der Waals surface area (Å²) >= 11 is 0. The van der Waals surface area contributed by atoms with Crippen molar-refractivity contribution < 1.29 is 9.47 Å². The van der Waals surface area contributed by atoms with Crippen LogP contribution in [0.1, 0.15) is 22.5 Å². The summed E-state index contributed by atoms with van der Waals surface area (Å²) in [5.74, 6) is 3.06. The number of methoxy groups -OCH3 is 2. The van der Waals surface area contributed by atoms with Crippen molar-refractivity contribution in [3.05, 3.63) is 65.1 Å². The summed E-state index contributed by atoms with van der Waals surface area (Å²) in [6, 6.07) is 12.0. The maximum Gasteiger partial charge on any atom is 0.225 e. The van der Waals surface area contributed by atoms with E-state index in [1.54, 1.807) is 20.4 Å². The van der Waals surface area contributed by atoms with Crippen molar-refractivity contribution in [2.45, 2.75) is 26.4 Å². The minimum absolute atomic E-state index is 0.587. The molecule has 0 atom stereocenters. The first-order chi connectivity index (χ1) is 14.2. The van der Waals surface area contributed by atoms with Crippen LogP contribution in [-0.2, 0) is 19.5 Å². The summed E-state index contributed by atoms with van der Waals surface area (Å²) in [6.45, 7) is 4.23. The molecule has 29 heavy (non-hydrogen) atoms. The fraction of sp³-hybridized carbons (Fsp3) is 0.318. The van der Waals surface area contributed by atoms with Gasteiger partial charge in [-0.2, -0.15) is 4.98 Å². The highest BCUT2D eigenvalue weighted by molar-refractivity contribution is 5.53. The molecule has 0 saturated carbocycles. The topological polar surface area (TPSA) is 72.4 Å². The molecule has 3 heterocycles. The Labute approximate surface area is 170 Å². The number of ether oxygens (including phenoxy) is 2. The molecule has 0 spiro atoms. The zero-order chi connectivity index (χ0) is 20.2. The van der Waals surface area contributed by atoms with Crippen LogP contribution in [0.15, 0.2) is 42.6 Å². The van der Waals surface area contributed by atoms with Crippen LogP contribution < -0.4 is 19.7 Å². The third-order valence-electron chi connectivity index (χ3n) is 5.04. The lowest BCUT2D eigenvalue weighted by atomic mass is 9.99. The Kier molecular flexibility index (Phi) is 5.46. The molecule has 7 heteroatoms. The van der Waals surface area contributed by atoms with Crippen molar-refractivity contribution >= 4 is 11.8 Å². The molecule has 1 aliphatic rings. The lowest BCUT2D eigenvalue weighted by Gasteiger charge is -2.30. The van der Waals surface area contributed by atoms with E-state index >= 15 is 0 Å². The second-order valence-electron chi connectivity index (χ2n) is 7.01. The molecule has 0 saturated heterocycles. The average Bonchev–Trinajstić information content (AvgIpc) is 2.76. The molecule has 0 aliphatic carbocycles. The monoisotopic (exact) mass is 391 g/mol. The van der Waals surface area contributed by atoms with Crippen LogP contribution in [-0.4, -0.2) is 35.7 Å². The number of hydrogen-bond acceptors (Lipinski definition) is 7. The van der Waals surface area contributed by atoms with Crippen molar-refractivity contribution in [3.63, 3.8) is 0 Å². The molecule has 0 radical (unpaired) electrons. The molecule has 0 amide bonds. The molecule has 150 valence electrons. The van der Waals surface area contributed by atoms with Crippen molar-refractivity contribution in [2.24, 2.45) is 0 Å². The zero-order valence-corrected chi connectivity index (χ0v) is 17.0. The van der Waals surface area contributed by atoms with E-state index in [1.165, 1.54) is 11.1 Å². The van der Waals surface area contributed by atoms with Crippen molar-refractivity contribution in [3.8, 4) is 11.5 Å². The molecule has 0 bridgehead atoms. The van der Waals surface area contributed by atoms with Gasteiger partial charge in [0.05, 0.1) is 26.5 Å². The Hall–Kier alpha value is -3.35. The van der Waals surface area contributed by atoms with Crippen LogP contribution in [0.3, 0.4) is 0 Å². The predicted molar refractivity (Wildman–Crippen MR) is 113 cm³/mol. The first-order valence-electron chi connectivity index (χ1n) is 9.64. The Bertz CT molecular complexity index is 994. The van der Waals surface area contributed by atoms with Gasteiger partial charge in [0.25, 0.3) is 0 Å². The van der Waals surface area contributed by atoms with Gasteiger partial charge in [-0.1, -0.05) is 6.07 Å². The van der Waals surface area contributed by atoms with E-state index < -0.39 is 0 Å². The van der Waals surface area contributed by atoms with Crippen molar-refractivity contribution in [1.29, 1.82) is 0 Å². The molecule has 1 aliphatic heterocycles. The lowest BCUT2D eigenvalue weighted by Crippen LogP contribution is -2.31. The van der Waals surface area contributed by atoms with Gasteiger partial charge in [-0.15, -0.1) is 0 Å². The third kappa shape index (κ3) is 4.23. The molecule has 0 unspecified atom stereocenters. The zero-order valence-electron chi connectivity index (χ0n) is 17.0. The van der Waals surface area contributed by atoms with E-state index in [0.29, 0.717) is 12.5 Å². The number of nitrogens with zero attached hydrogens (tertiary/aromatic N) is 4. The summed E-state index contributed by atoms with van der Waals surface area (Å²) < 4.78 is 10.9. The van der Waals surface area contributed by atoms with Gasteiger partial charge in [0.1, 0.15) is 5.82 Å². The first-order valence-corrected chi connectivity index (χ1v) is 9.64. The SMILES string of the molecule is COc1cc2c(cc1OC)CN(c1cc(C)nc(NCc3ccccn3)n1)CC2. The van der Waals surface area contributed by atoms with Gasteiger partial charge in [0.15, 0.2) is 11.5 Å². The molecule has 0 fully saturated rings. The van der Waals surface area contributed by atoms with Crippen LogP contribution in [0, 0.1) is 6.92 Å². The molecule has 3 aromatic rings. The van der Waals surface area contributed by atoms with Crippen LogP contribution in [0.5, 0.6) is 11.5 Å². The summed E-state index contributed by atoms with van der Waals surface area (Å²) in [4.78, 5) is 15.9. The maximum absolute atomic E-state index is 5.47. The summed E-state index contributed by atoms with van der Waals surface area (Å²) in [5.41, 5.74) is 4.40. The van der Waals surface area contributed by atoms with Crippen molar-refractivity contribution in [1.82, 2.24) is 15.0 Å². The summed E-state index contributed by atoms with van der Waals surface area (Å²) in [7, 11) is 3.33. The largest absolute Gasteiger partial charge is 0.493 e. The van der Waals surface area contributed by atoms with Crippen LogP contribution in [0.4, 0.5) is 11.8 Å². The quantitative estimate of drug-likeness (QED) is 0.691. The second kappa shape index (κ2) is 8.34. The number of pyridine rings is 1. The Morgan fingerprint density at radius 2 is 1.83 bits per heavy atom. The average molecular weight is 391 g/mol. The number of aryl methyl sites for hydroxylation is 1. The van der Waals surface area contributed by atoms with E-state index in [4.69, 9.17) is 14.5 Å². The Balaban J connectivity index is 1.54. The standard InChI is InChI=1S/C22H25N5O2/c1-15-10-21(26-22(25-15)24-13-18-6-4-5-8-23-18)27-9-7-16-11-19(28-2)20(29-3)12-17(16)14-27/h4-6,8,10-12H,7,9,13-14H2,1-3H3,(H,24,25,26). The minimum Gasteiger partial charge on any atom is -0.493 e. The first kappa shape index (κ1) is 19.0. The van der Waals surface area contributed by atoms with E-state index in [2.05, 4.69) is 32.3 Å². The number of fused-ring (bicyclic) bond motifs is 1.